The van der Waals surface area contributed by atoms with Gasteiger partial charge in [0.2, 0.25) is 0 Å². The van der Waals surface area contributed by atoms with Gasteiger partial charge in [0.15, 0.2) is 6.61 Å². The highest BCUT2D eigenvalue weighted by Gasteiger charge is 2.19. The Kier molecular flexibility index (Phi) is 5.30. The van der Waals surface area contributed by atoms with Crippen molar-refractivity contribution in [2.75, 3.05) is 20.2 Å². The third-order valence-corrected chi connectivity index (χ3v) is 4.35. The SMILES string of the molecule is Cc1cc(OCC(=O)N(C)CC2CCCC2)ccc1Cl. The first-order valence-electron chi connectivity index (χ1n) is 7.19. The lowest BCUT2D eigenvalue weighted by atomic mass is 10.1. The summed E-state index contributed by atoms with van der Waals surface area (Å²) < 4.78 is 5.54. The molecule has 0 aliphatic heterocycles. The van der Waals surface area contributed by atoms with Crippen LogP contribution in [0.5, 0.6) is 5.75 Å². The summed E-state index contributed by atoms with van der Waals surface area (Å²) in [5.74, 6) is 1.39. The van der Waals surface area contributed by atoms with E-state index in [-0.39, 0.29) is 12.5 Å². The fourth-order valence-electron chi connectivity index (χ4n) is 2.64. The topological polar surface area (TPSA) is 29.5 Å². The van der Waals surface area contributed by atoms with Crippen molar-refractivity contribution in [2.24, 2.45) is 5.92 Å². The van der Waals surface area contributed by atoms with Crippen molar-refractivity contribution in [3.05, 3.63) is 28.8 Å². The molecule has 1 aromatic carbocycles. The van der Waals surface area contributed by atoms with Gasteiger partial charge in [-0.3, -0.25) is 4.79 Å². The largest absolute Gasteiger partial charge is 0.484 e. The van der Waals surface area contributed by atoms with Crippen LogP contribution in [0.3, 0.4) is 0 Å². The lowest BCUT2D eigenvalue weighted by Crippen LogP contribution is -2.34. The zero-order valence-electron chi connectivity index (χ0n) is 12.2. The molecule has 1 aliphatic carbocycles. The molecule has 20 heavy (non-hydrogen) atoms. The predicted octanol–water partition coefficient (Wildman–Crippen LogP) is 3.68. The molecule has 1 aliphatic rings. The minimum atomic E-state index is 0.0319. The number of carbonyl (C=O) groups excluding carboxylic acids is 1. The van der Waals surface area contributed by atoms with E-state index in [0.29, 0.717) is 16.7 Å². The molecule has 2 rings (SSSR count). The van der Waals surface area contributed by atoms with E-state index in [2.05, 4.69) is 0 Å². The first kappa shape index (κ1) is 15.2. The minimum absolute atomic E-state index is 0.0319. The number of hydrogen-bond acceptors (Lipinski definition) is 2. The van der Waals surface area contributed by atoms with Gasteiger partial charge in [-0.2, -0.15) is 0 Å². The van der Waals surface area contributed by atoms with E-state index in [1.807, 2.05) is 20.0 Å². The number of ether oxygens (including phenoxy) is 1. The average molecular weight is 296 g/mol. The molecular weight excluding hydrogens is 274 g/mol. The maximum Gasteiger partial charge on any atom is 0.260 e. The number of carbonyl (C=O) groups is 1. The van der Waals surface area contributed by atoms with Crippen molar-refractivity contribution in [1.29, 1.82) is 0 Å². The van der Waals surface area contributed by atoms with Gasteiger partial charge in [-0.05, 0) is 49.4 Å². The highest BCUT2D eigenvalue weighted by atomic mass is 35.5. The molecule has 1 amide bonds. The first-order chi connectivity index (χ1) is 9.56. The maximum absolute atomic E-state index is 12.0. The molecular formula is C16H22ClNO2. The van der Waals surface area contributed by atoms with Gasteiger partial charge in [-0.15, -0.1) is 0 Å². The summed E-state index contributed by atoms with van der Waals surface area (Å²) in [6.45, 7) is 2.86. The van der Waals surface area contributed by atoms with Crippen molar-refractivity contribution in [3.8, 4) is 5.75 Å². The summed E-state index contributed by atoms with van der Waals surface area (Å²) in [6, 6.07) is 5.44. The average Bonchev–Trinajstić information content (AvgIpc) is 2.92. The zero-order valence-corrected chi connectivity index (χ0v) is 12.9. The van der Waals surface area contributed by atoms with Crippen LogP contribution in [0.15, 0.2) is 18.2 Å². The highest BCUT2D eigenvalue weighted by Crippen LogP contribution is 2.25. The van der Waals surface area contributed by atoms with Gasteiger partial charge >= 0.3 is 0 Å². The molecule has 3 nitrogen and oxygen atoms in total. The number of nitrogens with zero attached hydrogens (tertiary/aromatic N) is 1. The summed E-state index contributed by atoms with van der Waals surface area (Å²) in [6.07, 6.45) is 5.09. The Morgan fingerprint density at radius 3 is 2.75 bits per heavy atom. The standard InChI is InChI=1S/C16H22ClNO2/c1-12-9-14(7-8-15(12)17)20-11-16(19)18(2)10-13-5-3-4-6-13/h7-9,13H,3-6,10-11H2,1-2H3. The van der Waals surface area contributed by atoms with Crippen LogP contribution in [0.1, 0.15) is 31.2 Å². The van der Waals surface area contributed by atoms with Gasteiger partial charge in [-0.1, -0.05) is 24.4 Å². The predicted molar refractivity (Wildman–Crippen MR) is 81.3 cm³/mol. The quantitative estimate of drug-likeness (QED) is 0.829. The molecule has 0 aromatic heterocycles. The van der Waals surface area contributed by atoms with E-state index >= 15 is 0 Å². The van der Waals surface area contributed by atoms with Crippen LogP contribution in [0.2, 0.25) is 5.02 Å². The molecule has 1 fully saturated rings. The summed E-state index contributed by atoms with van der Waals surface area (Å²) >= 11 is 5.96. The summed E-state index contributed by atoms with van der Waals surface area (Å²) in [7, 11) is 1.86. The Morgan fingerprint density at radius 2 is 2.10 bits per heavy atom. The molecule has 0 spiro atoms. The van der Waals surface area contributed by atoms with Gasteiger partial charge in [0, 0.05) is 18.6 Å². The van der Waals surface area contributed by atoms with Crippen molar-refractivity contribution in [3.63, 3.8) is 0 Å². The van der Waals surface area contributed by atoms with E-state index in [4.69, 9.17) is 16.3 Å². The monoisotopic (exact) mass is 295 g/mol. The molecule has 4 heteroatoms. The lowest BCUT2D eigenvalue weighted by molar-refractivity contribution is -0.132. The van der Waals surface area contributed by atoms with Gasteiger partial charge in [0.1, 0.15) is 5.75 Å². The molecule has 0 heterocycles. The van der Waals surface area contributed by atoms with E-state index in [9.17, 15) is 4.79 Å². The molecule has 1 aromatic rings. The Hall–Kier alpha value is -1.22. The van der Waals surface area contributed by atoms with Gasteiger partial charge in [0.05, 0.1) is 0 Å². The van der Waals surface area contributed by atoms with Crippen LogP contribution in [0, 0.1) is 12.8 Å². The second-order valence-corrected chi connectivity index (χ2v) is 6.03. The van der Waals surface area contributed by atoms with Gasteiger partial charge in [0.25, 0.3) is 5.91 Å². The molecule has 1 saturated carbocycles. The molecule has 0 atom stereocenters. The summed E-state index contributed by atoms with van der Waals surface area (Å²) in [4.78, 5) is 13.8. The highest BCUT2D eigenvalue weighted by molar-refractivity contribution is 6.31. The Bertz CT molecular complexity index is 470. The fraction of sp³-hybridized carbons (Fsp3) is 0.562. The number of likely N-dealkylation sites (N-methyl/N-ethyl adjacent to an activating group) is 1. The third kappa shape index (κ3) is 4.14. The number of benzene rings is 1. The smallest absolute Gasteiger partial charge is 0.260 e. The second kappa shape index (κ2) is 6.98. The number of rotatable bonds is 5. The molecule has 0 unspecified atom stereocenters. The Balaban J connectivity index is 1.80. The van der Waals surface area contributed by atoms with E-state index in [0.717, 1.165) is 12.1 Å². The molecule has 0 saturated heterocycles. The number of halogens is 1. The first-order valence-corrected chi connectivity index (χ1v) is 7.57. The van der Waals surface area contributed by atoms with Crippen LogP contribution in [0.25, 0.3) is 0 Å². The van der Waals surface area contributed by atoms with Crippen LogP contribution in [0.4, 0.5) is 0 Å². The molecule has 110 valence electrons. The number of aryl methyl sites for hydroxylation is 1. The molecule has 0 N–H and O–H groups in total. The van der Waals surface area contributed by atoms with Crippen molar-refractivity contribution in [1.82, 2.24) is 4.90 Å². The fourth-order valence-corrected chi connectivity index (χ4v) is 2.76. The van der Waals surface area contributed by atoms with E-state index in [1.165, 1.54) is 25.7 Å². The summed E-state index contributed by atoms with van der Waals surface area (Å²) in [5, 5.41) is 0.710. The Morgan fingerprint density at radius 1 is 1.40 bits per heavy atom. The second-order valence-electron chi connectivity index (χ2n) is 5.62. The minimum Gasteiger partial charge on any atom is -0.484 e. The van der Waals surface area contributed by atoms with Gasteiger partial charge in [-0.25, -0.2) is 0 Å². The lowest BCUT2D eigenvalue weighted by Gasteiger charge is -2.21. The van der Waals surface area contributed by atoms with Crippen LogP contribution < -0.4 is 4.74 Å². The van der Waals surface area contributed by atoms with Gasteiger partial charge < -0.3 is 9.64 Å². The van der Waals surface area contributed by atoms with Crippen molar-refractivity contribution in [2.45, 2.75) is 32.6 Å². The maximum atomic E-state index is 12.0. The van der Waals surface area contributed by atoms with E-state index < -0.39 is 0 Å². The summed E-state index contributed by atoms with van der Waals surface area (Å²) in [5.41, 5.74) is 0.955. The van der Waals surface area contributed by atoms with Crippen LogP contribution in [-0.4, -0.2) is 31.0 Å². The van der Waals surface area contributed by atoms with Crippen LogP contribution in [-0.2, 0) is 4.79 Å². The van der Waals surface area contributed by atoms with Crippen molar-refractivity contribution < 1.29 is 9.53 Å². The number of hydrogen-bond donors (Lipinski definition) is 0. The van der Waals surface area contributed by atoms with Crippen LogP contribution >= 0.6 is 11.6 Å². The molecule has 0 radical (unpaired) electrons. The van der Waals surface area contributed by atoms with Crippen molar-refractivity contribution >= 4 is 17.5 Å². The normalized spacial score (nSPS) is 15.3. The molecule has 0 bridgehead atoms. The zero-order chi connectivity index (χ0) is 14.5. The Labute approximate surface area is 125 Å². The third-order valence-electron chi connectivity index (χ3n) is 3.92. The van der Waals surface area contributed by atoms with E-state index in [1.54, 1.807) is 17.0 Å². The number of amides is 1.